The number of benzene rings is 1. The Balaban J connectivity index is 2.39. The number of aromatic amines is 1. The van der Waals surface area contributed by atoms with Gasteiger partial charge >= 0.3 is 0 Å². The fourth-order valence-corrected chi connectivity index (χ4v) is 1.82. The highest BCUT2D eigenvalue weighted by Crippen LogP contribution is 2.22. The maximum absolute atomic E-state index is 10.1. The van der Waals surface area contributed by atoms with Gasteiger partial charge in [0.2, 0.25) is 0 Å². The summed E-state index contributed by atoms with van der Waals surface area (Å²) in [5.74, 6) is 0. The Hall–Kier alpha value is -1.10. The highest BCUT2D eigenvalue weighted by molar-refractivity contribution is 7.71. The fraction of sp³-hybridized carbons (Fsp3) is 0.182. The lowest BCUT2D eigenvalue weighted by atomic mass is 10.1. The van der Waals surface area contributed by atoms with Crippen LogP contribution < -0.4 is 0 Å². The summed E-state index contributed by atoms with van der Waals surface area (Å²) in [6, 6.07) is 7.09. The summed E-state index contributed by atoms with van der Waals surface area (Å²) in [7, 11) is 1.81. The third-order valence-corrected chi connectivity index (χ3v) is 3.15. The van der Waals surface area contributed by atoms with Crippen LogP contribution in [0.1, 0.15) is 17.4 Å². The molecule has 1 aromatic carbocycles. The molecule has 2 N–H and O–H groups in total. The third-order valence-electron chi connectivity index (χ3n) is 2.50. The first-order chi connectivity index (χ1) is 7.59. The van der Waals surface area contributed by atoms with E-state index in [2.05, 4.69) is 4.98 Å². The van der Waals surface area contributed by atoms with E-state index in [1.165, 1.54) is 0 Å². The van der Waals surface area contributed by atoms with Gasteiger partial charge in [-0.15, -0.1) is 0 Å². The minimum atomic E-state index is -0.699. The molecule has 0 aliphatic heterocycles. The van der Waals surface area contributed by atoms with Gasteiger partial charge in [-0.1, -0.05) is 23.7 Å². The molecular formula is C11H11ClN2OS. The van der Waals surface area contributed by atoms with Crippen molar-refractivity contribution in [2.75, 3.05) is 0 Å². The van der Waals surface area contributed by atoms with Crippen molar-refractivity contribution in [3.05, 3.63) is 51.5 Å². The van der Waals surface area contributed by atoms with E-state index in [4.69, 9.17) is 23.8 Å². The smallest absolute Gasteiger partial charge is 0.177 e. The molecule has 84 valence electrons. The molecule has 2 aromatic rings. The second-order valence-corrected chi connectivity index (χ2v) is 4.35. The largest absolute Gasteiger partial charge is 0.382 e. The van der Waals surface area contributed by atoms with E-state index in [1.54, 1.807) is 35.0 Å². The van der Waals surface area contributed by atoms with Crippen LogP contribution in [0.2, 0.25) is 5.02 Å². The average molecular weight is 255 g/mol. The van der Waals surface area contributed by atoms with E-state index in [0.29, 0.717) is 9.79 Å². The average Bonchev–Trinajstić information content (AvgIpc) is 2.60. The van der Waals surface area contributed by atoms with Crippen LogP contribution in [0.4, 0.5) is 0 Å². The molecule has 0 saturated heterocycles. The Morgan fingerprint density at radius 2 is 2.00 bits per heavy atom. The van der Waals surface area contributed by atoms with Crippen molar-refractivity contribution >= 4 is 23.8 Å². The van der Waals surface area contributed by atoms with Crippen LogP contribution in [0.3, 0.4) is 0 Å². The fourth-order valence-electron chi connectivity index (χ4n) is 1.52. The van der Waals surface area contributed by atoms with Gasteiger partial charge < -0.3 is 14.7 Å². The number of hydrogen-bond acceptors (Lipinski definition) is 2. The SMILES string of the molecule is Cn1c(C(O)c2ccc(Cl)cc2)c[nH]c1=S. The molecule has 0 saturated carbocycles. The molecule has 0 amide bonds. The molecule has 0 aliphatic rings. The Labute approximate surface area is 103 Å². The number of hydrogen-bond donors (Lipinski definition) is 2. The topological polar surface area (TPSA) is 41.0 Å². The molecule has 0 fully saturated rings. The van der Waals surface area contributed by atoms with E-state index < -0.39 is 6.10 Å². The van der Waals surface area contributed by atoms with E-state index >= 15 is 0 Å². The quantitative estimate of drug-likeness (QED) is 0.810. The zero-order valence-electron chi connectivity index (χ0n) is 8.64. The van der Waals surface area contributed by atoms with Gasteiger partial charge in [0.05, 0.1) is 5.69 Å². The number of imidazole rings is 1. The van der Waals surface area contributed by atoms with Gasteiger partial charge in [0.1, 0.15) is 6.10 Å². The van der Waals surface area contributed by atoms with Crippen LogP contribution in [-0.2, 0) is 7.05 Å². The molecule has 1 aromatic heterocycles. The number of rotatable bonds is 2. The van der Waals surface area contributed by atoms with Crippen molar-refractivity contribution in [2.45, 2.75) is 6.10 Å². The number of aliphatic hydroxyl groups is 1. The van der Waals surface area contributed by atoms with Crippen molar-refractivity contribution in [2.24, 2.45) is 7.05 Å². The minimum Gasteiger partial charge on any atom is -0.382 e. The molecule has 16 heavy (non-hydrogen) atoms. The zero-order chi connectivity index (χ0) is 11.7. The highest BCUT2D eigenvalue weighted by atomic mass is 35.5. The van der Waals surface area contributed by atoms with Crippen LogP contribution in [0.5, 0.6) is 0 Å². The summed E-state index contributed by atoms with van der Waals surface area (Å²) in [6.07, 6.45) is 1.01. The number of aromatic nitrogens is 2. The summed E-state index contributed by atoms with van der Waals surface area (Å²) in [4.78, 5) is 2.89. The predicted molar refractivity (Wildman–Crippen MR) is 66.1 cm³/mol. The van der Waals surface area contributed by atoms with Gasteiger partial charge in [-0.25, -0.2) is 0 Å². The van der Waals surface area contributed by atoms with Gasteiger partial charge in [-0.05, 0) is 29.9 Å². The number of halogens is 1. The number of nitrogens with zero attached hydrogens (tertiary/aromatic N) is 1. The first-order valence-corrected chi connectivity index (χ1v) is 5.56. The molecule has 1 heterocycles. The molecule has 5 heteroatoms. The van der Waals surface area contributed by atoms with Crippen molar-refractivity contribution in [1.82, 2.24) is 9.55 Å². The lowest BCUT2D eigenvalue weighted by Crippen LogP contribution is -2.05. The van der Waals surface area contributed by atoms with E-state index in [9.17, 15) is 5.11 Å². The van der Waals surface area contributed by atoms with Gasteiger partial charge in [0.25, 0.3) is 0 Å². The van der Waals surface area contributed by atoms with E-state index in [-0.39, 0.29) is 0 Å². The lowest BCUT2D eigenvalue weighted by molar-refractivity contribution is 0.211. The van der Waals surface area contributed by atoms with Crippen LogP contribution in [-0.4, -0.2) is 14.7 Å². The molecule has 3 nitrogen and oxygen atoms in total. The molecule has 0 radical (unpaired) electrons. The molecule has 0 bridgehead atoms. The van der Waals surface area contributed by atoms with Gasteiger partial charge in [-0.3, -0.25) is 0 Å². The van der Waals surface area contributed by atoms with Crippen molar-refractivity contribution < 1.29 is 5.11 Å². The van der Waals surface area contributed by atoms with Gasteiger partial charge in [0, 0.05) is 18.3 Å². The summed E-state index contributed by atoms with van der Waals surface area (Å²) < 4.78 is 2.33. The lowest BCUT2D eigenvalue weighted by Gasteiger charge is -2.11. The maximum atomic E-state index is 10.1. The number of H-pyrrole nitrogens is 1. The van der Waals surface area contributed by atoms with E-state index in [1.807, 2.05) is 7.05 Å². The Kier molecular flexibility index (Phi) is 3.14. The summed E-state index contributed by atoms with van der Waals surface area (Å²) in [5.41, 5.74) is 1.52. The molecular weight excluding hydrogens is 244 g/mol. The Bertz CT molecular complexity index is 544. The van der Waals surface area contributed by atoms with Crippen LogP contribution in [0, 0.1) is 4.77 Å². The first-order valence-electron chi connectivity index (χ1n) is 4.77. The van der Waals surface area contributed by atoms with Crippen LogP contribution >= 0.6 is 23.8 Å². The van der Waals surface area contributed by atoms with Crippen molar-refractivity contribution in [3.63, 3.8) is 0 Å². The first kappa shape index (κ1) is 11.4. The van der Waals surface area contributed by atoms with Gasteiger partial charge in [0.15, 0.2) is 4.77 Å². The minimum absolute atomic E-state index is 0.586. The standard InChI is InChI=1S/C11H11ClN2OS/c1-14-9(6-13-11(14)16)10(15)7-2-4-8(12)5-3-7/h2-6,10,15H,1H3,(H,13,16). The molecule has 1 unspecified atom stereocenters. The third kappa shape index (κ3) is 2.04. The zero-order valence-corrected chi connectivity index (χ0v) is 10.2. The molecule has 2 rings (SSSR count). The predicted octanol–water partition coefficient (Wildman–Crippen LogP) is 2.82. The summed E-state index contributed by atoms with van der Waals surface area (Å²) >= 11 is 10.8. The Morgan fingerprint density at radius 3 is 2.50 bits per heavy atom. The second-order valence-electron chi connectivity index (χ2n) is 3.53. The number of aliphatic hydroxyl groups excluding tert-OH is 1. The summed E-state index contributed by atoms with van der Waals surface area (Å²) in [6.45, 7) is 0. The summed E-state index contributed by atoms with van der Waals surface area (Å²) in [5, 5.41) is 10.8. The molecule has 0 spiro atoms. The maximum Gasteiger partial charge on any atom is 0.177 e. The Morgan fingerprint density at radius 1 is 1.38 bits per heavy atom. The molecule has 0 aliphatic carbocycles. The monoisotopic (exact) mass is 254 g/mol. The van der Waals surface area contributed by atoms with E-state index in [0.717, 1.165) is 11.3 Å². The van der Waals surface area contributed by atoms with Gasteiger partial charge in [-0.2, -0.15) is 0 Å². The highest BCUT2D eigenvalue weighted by Gasteiger charge is 2.13. The number of nitrogens with one attached hydrogen (secondary N) is 1. The second kappa shape index (κ2) is 4.41. The van der Waals surface area contributed by atoms with Crippen LogP contribution in [0.15, 0.2) is 30.5 Å². The van der Waals surface area contributed by atoms with Crippen molar-refractivity contribution in [1.29, 1.82) is 0 Å². The van der Waals surface area contributed by atoms with Crippen molar-refractivity contribution in [3.8, 4) is 0 Å². The molecule has 1 atom stereocenters. The normalized spacial score (nSPS) is 12.7. The van der Waals surface area contributed by atoms with Crippen LogP contribution in [0.25, 0.3) is 0 Å².